The first-order valence-corrected chi connectivity index (χ1v) is 12.5. The Morgan fingerprint density at radius 1 is 1.03 bits per heavy atom. The normalized spacial score (nSPS) is 17.1. The zero-order chi connectivity index (χ0) is 24.6. The molecule has 2 aliphatic heterocycles. The van der Waals surface area contributed by atoms with Crippen LogP contribution < -0.4 is 20.3 Å². The van der Waals surface area contributed by atoms with Gasteiger partial charge in [0.2, 0.25) is 0 Å². The molecule has 4 rings (SSSR count). The number of amides is 2. The molecule has 2 saturated heterocycles. The second-order valence-electron chi connectivity index (χ2n) is 9.30. The molecule has 188 valence electrons. The van der Waals surface area contributed by atoms with E-state index < -0.39 is 0 Å². The maximum Gasteiger partial charge on any atom is 0.255 e. The molecule has 0 unspecified atom stereocenters. The van der Waals surface area contributed by atoms with E-state index in [0.717, 1.165) is 64.5 Å². The van der Waals surface area contributed by atoms with Gasteiger partial charge in [0, 0.05) is 56.2 Å². The molecule has 0 aromatic heterocycles. The first-order chi connectivity index (χ1) is 17.0. The molecule has 2 heterocycles. The molecule has 0 bridgehead atoms. The van der Waals surface area contributed by atoms with E-state index in [1.54, 1.807) is 37.4 Å². The standard InChI is InChI=1S/C27H36N4O4/c1-20-8-11-31(12-9-20)25-7-6-22(29-26(32)21-4-3-5-23(18-21)34-2)19-24(25)27(33)28-10-13-30-14-16-35-17-15-30/h3-7,18-20H,8-17H2,1-2H3,(H,28,33)(H,29,32). The van der Waals surface area contributed by atoms with Gasteiger partial charge in [-0.05, 0) is 55.2 Å². The van der Waals surface area contributed by atoms with Crippen LogP contribution in [0.2, 0.25) is 0 Å². The number of hydrogen-bond acceptors (Lipinski definition) is 6. The lowest BCUT2D eigenvalue weighted by Gasteiger charge is -2.33. The minimum absolute atomic E-state index is 0.121. The van der Waals surface area contributed by atoms with Crippen LogP contribution >= 0.6 is 0 Å². The zero-order valence-electron chi connectivity index (χ0n) is 20.7. The predicted molar refractivity (Wildman–Crippen MR) is 138 cm³/mol. The van der Waals surface area contributed by atoms with Crippen molar-refractivity contribution in [3.63, 3.8) is 0 Å². The van der Waals surface area contributed by atoms with E-state index in [4.69, 9.17) is 9.47 Å². The zero-order valence-corrected chi connectivity index (χ0v) is 20.7. The van der Waals surface area contributed by atoms with Crippen LogP contribution in [0.5, 0.6) is 5.75 Å². The van der Waals surface area contributed by atoms with Crippen molar-refractivity contribution in [2.24, 2.45) is 5.92 Å². The second-order valence-corrected chi connectivity index (χ2v) is 9.30. The number of piperidine rings is 1. The highest BCUT2D eigenvalue weighted by Crippen LogP contribution is 2.29. The van der Waals surface area contributed by atoms with Crippen molar-refractivity contribution in [2.45, 2.75) is 19.8 Å². The number of rotatable bonds is 8. The molecule has 2 amide bonds. The highest BCUT2D eigenvalue weighted by atomic mass is 16.5. The summed E-state index contributed by atoms with van der Waals surface area (Å²) in [5.41, 5.74) is 2.59. The van der Waals surface area contributed by atoms with Gasteiger partial charge in [0.1, 0.15) is 5.75 Å². The lowest BCUT2D eigenvalue weighted by molar-refractivity contribution is 0.0383. The molecule has 0 spiro atoms. The van der Waals surface area contributed by atoms with Crippen molar-refractivity contribution >= 4 is 23.2 Å². The smallest absolute Gasteiger partial charge is 0.255 e. The van der Waals surface area contributed by atoms with Gasteiger partial charge in [0.25, 0.3) is 11.8 Å². The number of methoxy groups -OCH3 is 1. The Labute approximate surface area is 207 Å². The average molecular weight is 481 g/mol. The van der Waals surface area contributed by atoms with Gasteiger partial charge in [-0.25, -0.2) is 0 Å². The van der Waals surface area contributed by atoms with E-state index >= 15 is 0 Å². The molecular weight excluding hydrogens is 444 g/mol. The Kier molecular flexibility index (Phi) is 8.60. The Bertz CT molecular complexity index is 1010. The molecule has 2 N–H and O–H groups in total. The first kappa shape index (κ1) is 25.0. The molecule has 2 fully saturated rings. The van der Waals surface area contributed by atoms with Crippen molar-refractivity contribution in [1.82, 2.24) is 10.2 Å². The van der Waals surface area contributed by atoms with Gasteiger partial charge >= 0.3 is 0 Å². The van der Waals surface area contributed by atoms with Crippen molar-refractivity contribution in [1.29, 1.82) is 0 Å². The average Bonchev–Trinajstić information content (AvgIpc) is 2.90. The van der Waals surface area contributed by atoms with Gasteiger partial charge in [0.15, 0.2) is 0 Å². The molecule has 8 heteroatoms. The van der Waals surface area contributed by atoms with Gasteiger partial charge in [-0.15, -0.1) is 0 Å². The number of hydrogen-bond donors (Lipinski definition) is 2. The van der Waals surface area contributed by atoms with Crippen LogP contribution in [-0.2, 0) is 4.74 Å². The number of carbonyl (C=O) groups is 2. The SMILES string of the molecule is COc1cccc(C(=O)Nc2ccc(N3CCC(C)CC3)c(C(=O)NCCN3CCOCC3)c2)c1. The molecule has 2 aromatic carbocycles. The van der Waals surface area contributed by atoms with E-state index in [1.807, 2.05) is 12.1 Å². The number of benzene rings is 2. The molecule has 8 nitrogen and oxygen atoms in total. The summed E-state index contributed by atoms with van der Waals surface area (Å²) in [5.74, 6) is 0.942. The Balaban J connectivity index is 1.49. The molecule has 0 radical (unpaired) electrons. The monoisotopic (exact) mass is 480 g/mol. The summed E-state index contributed by atoms with van der Waals surface area (Å²) < 4.78 is 10.6. The maximum absolute atomic E-state index is 13.3. The third kappa shape index (κ3) is 6.74. The molecule has 0 atom stereocenters. The van der Waals surface area contributed by atoms with E-state index in [9.17, 15) is 9.59 Å². The Morgan fingerprint density at radius 3 is 2.54 bits per heavy atom. The largest absolute Gasteiger partial charge is 0.497 e. The first-order valence-electron chi connectivity index (χ1n) is 12.5. The fraction of sp³-hybridized carbons (Fsp3) is 0.481. The van der Waals surface area contributed by atoms with Crippen molar-refractivity contribution < 1.29 is 19.1 Å². The lowest BCUT2D eigenvalue weighted by atomic mass is 9.97. The fourth-order valence-electron chi connectivity index (χ4n) is 4.54. The third-order valence-electron chi connectivity index (χ3n) is 6.77. The molecule has 2 aliphatic rings. The summed E-state index contributed by atoms with van der Waals surface area (Å²) in [5, 5.41) is 6.02. The van der Waals surface area contributed by atoms with Gasteiger partial charge in [-0.3, -0.25) is 14.5 Å². The number of nitrogens with one attached hydrogen (secondary N) is 2. The number of nitrogens with zero attached hydrogens (tertiary/aromatic N) is 2. The summed E-state index contributed by atoms with van der Waals surface area (Å²) in [6, 6.07) is 12.6. The third-order valence-corrected chi connectivity index (χ3v) is 6.77. The summed E-state index contributed by atoms with van der Waals surface area (Å²) in [4.78, 5) is 30.7. The van der Waals surface area contributed by atoms with Gasteiger partial charge < -0.3 is 25.0 Å². The molecule has 2 aromatic rings. The summed E-state index contributed by atoms with van der Waals surface area (Å²) in [6.45, 7) is 8.72. The van der Waals surface area contributed by atoms with Crippen LogP contribution in [-0.4, -0.2) is 76.3 Å². The Morgan fingerprint density at radius 2 is 1.80 bits per heavy atom. The number of carbonyl (C=O) groups excluding carboxylic acids is 2. The van der Waals surface area contributed by atoms with Crippen LogP contribution in [0.25, 0.3) is 0 Å². The molecule has 0 aliphatic carbocycles. The molecule has 35 heavy (non-hydrogen) atoms. The van der Waals surface area contributed by atoms with Crippen molar-refractivity contribution in [3.8, 4) is 5.75 Å². The summed E-state index contributed by atoms with van der Waals surface area (Å²) in [6.07, 6.45) is 2.21. The van der Waals surface area contributed by atoms with Crippen LogP contribution in [0.1, 0.15) is 40.5 Å². The highest BCUT2D eigenvalue weighted by Gasteiger charge is 2.22. The number of anilines is 2. The van der Waals surface area contributed by atoms with Gasteiger partial charge in [0.05, 0.1) is 25.9 Å². The quantitative estimate of drug-likeness (QED) is 0.604. The van der Waals surface area contributed by atoms with Crippen molar-refractivity contribution in [2.75, 3.05) is 69.8 Å². The topological polar surface area (TPSA) is 83.1 Å². The van der Waals surface area contributed by atoms with Crippen LogP contribution in [0, 0.1) is 5.92 Å². The second kappa shape index (κ2) is 12.0. The fourth-order valence-corrected chi connectivity index (χ4v) is 4.54. The Hall–Kier alpha value is -3.10. The minimum atomic E-state index is -0.248. The van der Waals surface area contributed by atoms with E-state index in [1.165, 1.54) is 0 Å². The minimum Gasteiger partial charge on any atom is -0.497 e. The highest BCUT2D eigenvalue weighted by molar-refractivity contribution is 6.06. The predicted octanol–water partition coefficient (Wildman–Crippen LogP) is 3.25. The van der Waals surface area contributed by atoms with Crippen LogP contribution in [0.15, 0.2) is 42.5 Å². The van der Waals surface area contributed by atoms with Crippen LogP contribution in [0.3, 0.4) is 0 Å². The number of ether oxygens (including phenoxy) is 2. The van der Waals surface area contributed by atoms with Gasteiger partial charge in [-0.1, -0.05) is 13.0 Å². The van der Waals surface area contributed by atoms with Crippen molar-refractivity contribution in [3.05, 3.63) is 53.6 Å². The van der Waals surface area contributed by atoms with Crippen LogP contribution in [0.4, 0.5) is 11.4 Å². The molecule has 0 saturated carbocycles. The van der Waals surface area contributed by atoms with Gasteiger partial charge in [-0.2, -0.15) is 0 Å². The summed E-state index contributed by atoms with van der Waals surface area (Å²) in [7, 11) is 1.57. The summed E-state index contributed by atoms with van der Waals surface area (Å²) >= 11 is 0. The van der Waals surface area contributed by atoms with E-state index in [2.05, 4.69) is 27.4 Å². The number of morpholine rings is 1. The lowest BCUT2D eigenvalue weighted by Crippen LogP contribution is -2.41. The maximum atomic E-state index is 13.3. The molecular formula is C27H36N4O4. The van der Waals surface area contributed by atoms with E-state index in [-0.39, 0.29) is 11.8 Å². The van der Waals surface area contributed by atoms with E-state index in [0.29, 0.717) is 35.0 Å².